The number of aromatic nitrogens is 2. The van der Waals surface area contributed by atoms with Gasteiger partial charge < -0.3 is 11.1 Å². The normalized spacial score (nSPS) is 9.93. The molecule has 0 amide bonds. The lowest BCUT2D eigenvalue weighted by molar-refractivity contribution is 1.17. The first-order valence-electron chi connectivity index (χ1n) is 4.34. The molecule has 1 heterocycles. The van der Waals surface area contributed by atoms with E-state index < -0.39 is 0 Å². The van der Waals surface area contributed by atoms with Crippen LogP contribution in [0.15, 0.2) is 36.8 Å². The maximum absolute atomic E-state index is 5.98. The van der Waals surface area contributed by atoms with E-state index in [-0.39, 0.29) is 0 Å². The standard InChI is InChI=1S/C10H9ClN4/c11-7-3-1-2-4-9(7)15-10-8(12)5-13-6-14-10/h1-6H,12H2,(H,13,14,15). The van der Waals surface area contributed by atoms with Crippen LogP contribution >= 0.6 is 11.6 Å². The molecule has 0 fully saturated rings. The molecule has 0 atom stereocenters. The van der Waals surface area contributed by atoms with E-state index in [1.54, 1.807) is 6.07 Å². The number of nitrogens with one attached hydrogen (secondary N) is 1. The van der Waals surface area contributed by atoms with Crippen LogP contribution in [0.1, 0.15) is 0 Å². The Morgan fingerprint density at radius 3 is 2.80 bits per heavy atom. The van der Waals surface area contributed by atoms with Crippen LogP contribution in [-0.2, 0) is 0 Å². The van der Waals surface area contributed by atoms with Crippen LogP contribution in [0.2, 0.25) is 5.02 Å². The Balaban J connectivity index is 2.30. The fourth-order valence-electron chi connectivity index (χ4n) is 1.13. The van der Waals surface area contributed by atoms with E-state index in [1.165, 1.54) is 12.5 Å². The van der Waals surface area contributed by atoms with Crippen LogP contribution < -0.4 is 11.1 Å². The van der Waals surface area contributed by atoms with E-state index >= 15 is 0 Å². The predicted octanol–water partition coefficient (Wildman–Crippen LogP) is 2.46. The molecule has 0 aliphatic heterocycles. The first kappa shape index (κ1) is 9.73. The molecule has 0 spiro atoms. The van der Waals surface area contributed by atoms with Gasteiger partial charge in [-0.2, -0.15) is 0 Å². The molecular formula is C10H9ClN4. The highest BCUT2D eigenvalue weighted by atomic mass is 35.5. The van der Waals surface area contributed by atoms with Crippen molar-refractivity contribution in [3.05, 3.63) is 41.8 Å². The lowest BCUT2D eigenvalue weighted by atomic mass is 10.3. The van der Waals surface area contributed by atoms with Crippen LogP contribution in [0, 0.1) is 0 Å². The van der Waals surface area contributed by atoms with Gasteiger partial charge in [0.1, 0.15) is 6.33 Å². The topological polar surface area (TPSA) is 63.8 Å². The lowest BCUT2D eigenvalue weighted by Gasteiger charge is -2.08. The van der Waals surface area contributed by atoms with Gasteiger partial charge >= 0.3 is 0 Å². The average Bonchev–Trinajstić information content (AvgIpc) is 2.24. The maximum atomic E-state index is 5.98. The first-order chi connectivity index (χ1) is 7.27. The van der Waals surface area contributed by atoms with Gasteiger partial charge in [0.2, 0.25) is 0 Å². The summed E-state index contributed by atoms with van der Waals surface area (Å²) in [6.07, 6.45) is 2.96. The summed E-state index contributed by atoms with van der Waals surface area (Å²) < 4.78 is 0. The van der Waals surface area contributed by atoms with Crippen molar-refractivity contribution in [2.24, 2.45) is 0 Å². The molecule has 4 nitrogen and oxygen atoms in total. The lowest BCUT2D eigenvalue weighted by Crippen LogP contribution is -1.99. The summed E-state index contributed by atoms with van der Waals surface area (Å²) in [5.41, 5.74) is 6.94. The van der Waals surface area contributed by atoms with Crippen LogP contribution in [0.5, 0.6) is 0 Å². The molecule has 0 bridgehead atoms. The molecule has 0 radical (unpaired) electrons. The largest absolute Gasteiger partial charge is 0.394 e. The fraction of sp³-hybridized carbons (Fsp3) is 0. The molecule has 0 aliphatic rings. The van der Waals surface area contributed by atoms with Gasteiger partial charge in [-0.1, -0.05) is 23.7 Å². The van der Waals surface area contributed by atoms with Gasteiger partial charge in [-0.05, 0) is 12.1 Å². The molecule has 0 aliphatic carbocycles. The first-order valence-corrected chi connectivity index (χ1v) is 4.72. The molecule has 2 rings (SSSR count). The second-order valence-electron chi connectivity index (χ2n) is 2.93. The minimum Gasteiger partial charge on any atom is -0.394 e. The highest BCUT2D eigenvalue weighted by Gasteiger charge is 2.02. The Bertz CT molecular complexity index is 429. The highest BCUT2D eigenvalue weighted by molar-refractivity contribution is 6.33. The number of nitrogens with two attached hydrogens (primary N) is 1. The van der Waals surface area contributed by atoms with E-state index in [9.17, 15) is 0 Å². The number of benzene rings is 1. The minimum atomic E-state index is 0.484. The molecule has 3 N–H and O–H groups in total. The number of para-hydroxylation sites is 1. The van der Waals surface area contributed by atoms with Crippen molar-refractivity contribution in [2.75, 3.05) is 11.1 Å². The van der Waals surface area contributed by atoms with Crippen LogP contribution in [-0.4, -0.2) is 9.97 Å². The smallest absolute Gasteiger partial charge is 0.157 e. The molecule has 0 unspecified atom stereocenters. The van der Waals surface area contributed by atoms with Gasteiger partial charge in [-0.25, -0.2) is 9.97 Å². The molecular weight excluding hydrogens is 212 g/mol. The summed E-state index contributed by atoms with van der Waals surface area (Å²) in [6.45, 7) is 0. The Labute approximate surface area is 92.1 Å². The number of rotatable bonds is 2. The van der Waals surface area contributed by atoms with E-state index in [2.05, 4.69) is 15.3 Å². The van der Waals surface area contributed by atoms with Gasteiger partial charge in [-0.3, -0.25) is 0 Å². The Kier molecular flexibility index (Phi) is 2.69. The van der Waals surface area contributed by atoms with Crippen molar-refractivity contribution in [3.63, 3.8) is 0 Å². The molecule has 15 heavy (non-hydrogen) atoms. The summed E-state index contributed by atoms with van der Waals surface area (Å²) in [4.78, 5) is 7.81. The second kappa shape index (κ2) is 4.14. The van der Waals surface area contributed by atoms with Crippen molar-refractivity contribution in [2.45, 2.75) is 0 Å². The summed E-state index contributed by atoms with van der Waals surface area (Å²) in [5.74, 6) is 0.554. The van der Waals surface area contributed by atoms with E-state index in [0.29, 0.717) is 16.5 Å². The quantitative estimate of drug-likeness (QED) is 0.816. The van der Waals surface area contributed by atoms with Crippen molar-refractivity contribution in [1.82, 2.24) is 9.97 Å². The third-order valence-electron chi connectivity index (χ3n) is 1.87. The average molecular weight is 221 g/mol. The summed E-state index contributed by atoms with van der Waals surface area (Å²) in [7, 11) is 0. The maximum Gasteiger partial charge on any atom is 0.157 e. The number of anilines is 3. The minimum absolute atomic E-state index is 0.484. The van der Waals surface area contributed by atoms with E-state index in [1.807, 2.05) is 18.2 Å². The SMILES string of the molecule is Nc1cncnc1Nc1ccccc1Cl. The number of halogens is 1. The zero-order valence-electron chi connectivity index (χ0n) is 7.81. The zero-order valence-corrected chi connectivity index (χ0v) is 8.57. The van der Waals surface area contributed by atoms with Gasteiger partial charge in [-0.15, -0.1) is 0 Å². The molecule has 0 saturated heterocycles. The fourth-order valence-corrected chi connectivity index (χ4v) is 1.32. The molecule has 1 aromatic carbocycles. The van der Waals surface area contributed by atoms with Crippen molar-refractivity contribution >= 4 is 28.8 Å². The summed E-state index contributed by atoms with van der Waals surface area (Å²) in [5, 5.41) is 3.65. The highest BCUT2D eigenvalue weighted by Crippen LogP contribution is 2.25. The Morgan fingerprint density at radius 2 is 2.07 bits per heavy atom. The van der Waals surface area contributed by atoms with E-state index in [0.717, 1.165) is 5.69 Å². The van der Waals surface area contributed by atoms with Crippen LogP contribution in [0.3, 0.4) is 0 Å². The van der Waals surface area contributed by atoms with Crippen molar-refractivity contribution < 1.29 is 0 Å². The van der Waals surface area contributed by atoms with Crippen molar-refractivity contribution in [3.8, 4) is 0 Å². The van der Waals surface area contributed by atoms with Gasteiger partial charge in [0, 0.05) is 0 Å². The van der Waals surface area contributed by atoms with Crippen LogP contribution in [0.25, 0.3) is 0 Å². The van der Waals surface area contributed by atoms with Gasteiger partial charge in [0.15, 0.2) is 5.82 Å². The van der Waals surface area contributed by atoms with Gasteiger partial charge in [0.05, 0.1) is 22.6 Å². The predicted molar refractivity (Wildman–Crippen MR) is 61.2 cm³/mol. The number of nitrogen functional groups attached to an aromatic ring is 1. The second-order valence-corrected chi connectivity index (χ2v) is 3.34. The third kappa shape index (κ3) is 2.16. The third-order valence-corrected chi connectivity index (χ3v) is 2.20. The summed E-state index contributed by atoms with van der Waals surface area (Å²) >= 11 is 5.98. The monoisotopic (exact) mass is 220 g/mol. The summed E-state index contributed by atoms with van der Waals surface area (Å²) in [6, 6.07) is 7.38. The number of nitrogens with zero attached hydrogens (tertiary/aromatic N) is 2. The molecule has 5 heteroatoms. The van der Waals surface area contributed by atoms with Gasteiger partial charge in [0.25, 0.3) is 0 Å². The Morgan fingerprint density at radius 1 is 1.27 bits per heavy atom. The van der Waals surface area contributed by atoms with Crippen molar-refractivity contribution in [1.29, 1.82) is 0 Å². The molecule has 76 valence electrons. The van der Waals surface area contributed by atoms with Crippen LogP contribution in [0.4, 0.5) is 17.2 Å². The number of hydrogen-bond donors (Lipinski definition) is 2. The number of hydrogen-bond acceptors (Lipinski definition) is 4. The zero-order chi connectivity index (χ0) is 10.7. The Hall–Kier alpha value is -1.81. The van der Waals surface area contributed by atoms with E-state index in [4.69, 9.17) is 17.3 Å². The molecule has 0 saturated carbocycles. The molecule has 1 aromatic heterocycles. The molecule has 2 aromatic rings.